The lowest BCUT2D eigenvalue weighted by molar-refractivity contribution is -0.0960. The molecule has 0 spiro atoms. The van der Waals surface area contributed by atoms with Crippen molar-refractivity contribution >= 4 is 0 Å². The Bertz CT molecular complexity index is 290. The van der Waals surface area contributed by atoms with Crippen molar-refractivity contribution in [2.45, 2.75) is 108 Å². The van der Waals surface area contributed by atoms with Crippen LogP contribution in [-0.4, -0.2) is 57.4 Å². The molecular weight excluding hydrogens is 294 g/mol. The fraction of sp³-hybridized carbons (Fsp3) is 1.00. The van der Waals surface area contributed by atoms with Gasteiger partial charge in [-0.05, 0) is 6.42 Å². The van der Waals surface area contributed by atoms with Gasteiger partial charge in [0, 0.05) is 12.6 Å². The number of nitrogens with one attached hydrogen (secondary N) is 1. The molecule has 1 heterocycles. The van der Waals surface area contributed by atoms with Gasteiger partial charge in [-0.1, -0.05) is 71.1 Å². The summed E-state index contributed by atoms with van der Waals surface area (Å²) < 4.78 is 0. The van der Waals surface area contributed by atoms with Crippen molar-refractivity contribution < 1.29 is 20.4 Å². The van der Waals surface area contributed by atoms with Crippen molar-refractivity contribution in [3.8, 4) is 0 Å². The van der Waals surface area contributed by atoms with Gasteiger partial charge in [0.25, 0.3) is 0 Å². The van der Waals surface area contributed by atoms with Crippen molar-refractivity contribution in [2.24, 2.45) is 0 Å². The first-order chi connectivity index (χ1) is 11.1. The second kappa shape index (κ2) is 12.2. The van der Waals surface area contributed by atoms with Crippen LogP contribution in [-0.2, 0) is 0 Å². The summed E-state index contributed by atoms with van der Waals surface area (Å²) in [6, 6.07) is -0.258. The van der Waals surface area contributed by atoms with Crippen molar-refractivity contribution in [3.05, 3.63) is 0 Å². The smallest absolute Gasteiger partial charge is 0.110 e. The minimum Gasteiger partial charge on any atom is -0.389 e. The van der Waals surface area contributed by atoms with Crippen molar-refractivity contribution in [1.29, 1.82) is 0 Å². The van der Waals surface area contributed by atoms with E-state index < -0.39 is 24.4 Å². The van der Waals surface area contributed by atoms with E-state index in [0.717, 1.165) is 19.3 Å². The molecule has 1 saturated heterocycles. The summed E-state index contributed by atoms with van der Waals surface area (Å²) in [6.45, 7) is 2.44. The highest BCUT2D eigenvalue weighted by molar-refractivity contribution is 4.93. The summed E-state index contributed by atoms with van der Waals surface area (Å²) in [5.41, 5.74) is 0. The molecule has 1 aliphatic rings. The average molecular weight is 331 g/mol. The molecular formula is C18H37NO4. The van der Waals surface area contributed by atoms with E-state index in [2.05, 4.69) is 12.2 Å². The molecule has 0 aromatic heterocycles. The molecule has 138 valence electrons. The third-order valence-electron chi connectivity index (χ3n) is 4.96. The van der Waals surface area contributed by atoms with E-state index in [-0.39, 0.29) is 12.6 Å². The quantitative estimate of drug-likeness (QED) is 0.372. The van der Waals surface area contributed by atoms with Crippen LogP contribution in [0.2, 0.25) is 0 Å². The molecule has 0 unspecified atom stereocenters. The van der Waals surface area contributed by atoms with Gasteiger partial charge in [-0.2, -0.15) is 0 Å². The predicted octanol–water partition coefficient (Wildman–Crippen LogP) is 1.71. The first-order valence-electron chi connectivity index (χ1n) is 9.53. The topological polar surface area (TPSA) is 93.0 Å². The maximum absolute atomic E-state index is 10.1. The second-order valence-corrected chi connectivity index (χ2v) is 7.02. The lowest BCUT2D eigenvalue weighted by Crippen LogP contribution is -2.47. The van der Waals surface area contributed by atoms with Crippen LogP contribution < -0.4 is 5.32 Å². The molecule has 0 aliphatic carbocycles. The van der Waals surface area contributed by atoms with Gasteiger partial charge in [0.15, 0.2) is 0 Å². The van der Waals surface area contributed by atoms with E-state index in [1.165, 1.54) is 51.4 Å². The van der Waals surface area contributed by atoms with Gasteiger partial charge < -0.3 is 25.7 Å². The number of aliphatic hydroxyl groups excluding tert-OH is 4. The largest absolute Gasteiger partial charge is 0.389 e. The highest BCUT2D eigenvalue weighted by Gasteiger charge is 2.37. The SMILES string of the molecule is CCCCCCCCCCCC[C@@H]1NC[C@H](O)[C@@H](O)[C@H](O)[C@H]1O. The normalized spacial score (nSPS) is 32.0. The number of hydrogen-bond acceptors (Lipinski definition) is 5. The van der Waals surface area contributed by atoms with Crippen molar-refractivity contribution in [1.82, 2.24) is 5.32 Å². The van der Waals surface area contributed by atoms with E-state index in [1.807, 2.05) is 0 Å². The lowest BCUT2D eigenvalue weighted by Gasteiger charge is -2.26. The monoisotopic (exact) mass is 331 g/mol. The Morgan fingerprint density at radius 2 is 1.22 bits per heavy atom. The molecule has 0 radical (unpaired) electrons. The zero-order valence-corrected chi connectivity index (χ0v) is 14.7. The van der Waals surface area contributed by atoms with Crippen molar-refractivity contribution in [3.63, 3.8) is 0 Å². The van der Waals surface area contributed by atoms with Gasteiger partial charge in [0.1, 0.15) is 12.2 Å². The first kappa shape index (κ1) is 20.8. The summed E-state index contributed by atoms with van der Waals surface area (Å²) in [6.07, 6.45) is 8.75. The van der Waals surface area contributed by atoms with Crippen molar-refractivity contribution in [2.75, 3.05) is 6.54 Å². The van der Waals surface area contributed by atoms with E-state index >= 15 is 0 Å². The van der Waals surface area contributed by atoms with Gasteiger partial charge in [0.2, 0.25) is 0 Å². The zero-order chi connectivity index (χ0) is 17.1. The van der Waals surface area contributed by atoms with Crippen LogP contribution in [0, 0.1) is 0 Å². The maximum atomic E-state index is 10.1. The lowest BCUT2D eigenvalue weighted by atomic mass is 9.96. The third-order valence-corrected chi connectivity index (χ3v) is 4.96. The fourth-order valence-corrected chi connectivity index (χ4v) is 3.31. The highest BCUT2D eigenvalue weighted by Crippen LogP contribution is 2.18. The number of aliphatic hydroxyl groups is 4. The predicted molar refractivity (Wildman–Crippen MR) is 92.3 cm³/mol. The molecule has 0 aromatic carbocycles. The summed E-state index contributed by atoms with van der Waals surface area (Å²) in [5.74, 6) is 0. The fourth-order valence-electron chi connectivity index (χ4n) is 3.31. The highest BCUT2D eigenvalue weighted by atomic mass is 16.4. The van der Waals surface area contributed by atoms with Crippen LogP contribution in [0.4, 0.5) is 0 Å². The molecule has 1 rings (SSSR count). The van der Waals surface area contributed by atoms with E-state index in [1.54, 1.807) is 0 Å². The van der Waals surface area contributed by atoms with Gasteiger partial charge in [0.05, 0.1) is 12.2 Å². The maximum Gasteiger partial charge on any atom is 0.110 e. The van der Waals surface area contributed by atoms with Crippen LogP contribution in [0.15, 0.2) is 0 Å². The Morgan fingerprint density at radius 3 is 1.78 bits per heavy atom. The molecule has 5 nitrogen and oxygen atoms in total. The van der Waals surface area contributed by atoms with E-state index in [9.17, 15) is 20.4 Å². The number of hydrogen-bond donors (Lipinski definition) is 5. The average Bonchev–Trinajstić information content (AvgIpc) is 2.64. The molecule has 5 heteroatoms. The summed E-state index contributed by atoms with van der Waals surface area (Å²) in [4.78, 5) is 0. The minimum atomic E-state index is -1.28. The zero-order valence-electron chi connectivity index (χ0n) is 14.7. The molecule has 5 atom stereocenters. The number of β-amino-alcohol motifs (C(OH)–C–C–N with tert-alkyl or cyclic N) is 1. The standard InChI is InChI=1S/C18H37NO4/c1-2-3-4-5-6-7-8-9-10-11-12-14-16(21)18(23)17(22)15(20)13-19-14/h14-23H,2-13H2,1H3/t14-,15-,16-,17+,18+/m0/s1. The Hall–Kier alpha value is -0.200. The molecule has 0 amide bonds. The molecule has 1 fully saturated rings. The van der Waals surface area contributed by atoms with E-state index in [0.29, 0.717) is 0 Å². The van der Waals surface area contributed by atoms with Gasteiger partial charge >= 0.3 is 0 Å². The minimum absolute atomic E-state index is 0.206. The Kier molecular flexibility index (Phi) is 11.1. The summed E-state index contributed by atoms with van der Waals surface area (Å²) in [7, 11) is 0. The molecule has 23 heavy (non-hydrogen) atoms. The van der Waals surface area contributed by atoms with Gasteiger partial charge in [-0.25, -0.2) is 0 Å². The molecule has 1 aliphatic heterocycles. The van der Waals surface area contributed by atoms with Gasteiger partial charge in [-0.3, -0.25) is 0 Å². The molecule has 0 bridgehead atoms. The molecule has 5 N–H and O–H groups in total. The number of rotatable bonds is 11. The van der Waals surface area contributed by atoms with E-state index in [4.69, 9.17) is 0 Å². The number of unbranched alkanes of at least 4 members (excludes halogenated alkanes) is 9. The summed E-state index contributed by atoms with van der Waals surface area (Å²) in [5, 5.41) is 42.2. The first-order valence-corrected chi connectivity index (χ1v) is 9.53. The van der Waals surface area contributed by atoms with Crippen LogP contribution in [0.5, 0.6) is 0 Å². The second-order valence-electron chi connectivity index (χ2n) is 7.02. The Labute approximate surface area is 141 Å². The van der Waals surface area contributed by atoms with Gasteiger partial charge in [-0.15, -0.1) is 0 Å². The molecule has 0 saturated carbocycles. The van der Waals surface area contributed by atoms with Crippen LogP contribution in [0.1, 0.15) is 77.6 Å². The molecule has 0 aromatic rings. The Balaban J connectivity index is 2.06. The van der Waals surface area contributed by atoms with Crippen LogP contribution in [0.25, 0.3) is 0 Å². The Morgan fingerprint density at radius 1 is 0.696 bits per heavy atom. The summed E-state index contributed by atoms with van der Waals surface area (Å²) >= 11 is 0. The van der Waals surface area contributed by atoms with Crippen LogP contribution in [0.3, 0.4) is 0 Å². The third kappa shape index (κ3) is 7.94. The van der Waals surface area contributed by atoms with Crippen LogP contribution >= 0.6 is 0 Å².